The molecule has 2 aromatic heterocycles. The number of pyridine rings is 1. The van der Waals surface area contributed by atoms with E-state index in [4.69, 9.17) is 0 Å². The maximum absolute atomic E-state index is 12.8. The Hall–Kier alpha value is -3.51. The summed E-state index contributed by atoms with van der Waals surface area (Å²) in [5.74, 6) is 0.209. The normalized spacial score (nSPS) is 13.2. The van der Waals surface area contributed by atoms with E-state index in [1.165, 1.54) is 0 Å². The van der Waals surface area contributed by atoms with Crippen molar-refractivity contribution >= 4 is 22.8 Å². The van der Waals surface area contributed by atoms with Gasteiger partial charge in [0.25, 0.3) is 5.91 Å². The average Bonchev–Trinajstić information content (AvgIpc) is 3.12. The number of rotatable bonds is 5. The van der Waals surface area contributed by atoms with Crippen molar-refractivity contribution in [3.8, 4) is 0 Å². The summed E-state index contributed by atoms with van der Waals surface area (Å²) in [7, 11) is 0. The van der Waals surface area contributed by atoms with Gasteiger partial charge in [-0.15, -0.1) is 0 Å². The van der Waals surface area contributed by atoms with Crippen molar-refractivity contribution in [1.29, 1.82) is 0 Å². The Bertz CT molecular complexity index is 1260. The predicted octanol–water partition coefficient (Wildman–Crippen LogP) is 4.58. The van der Waals surface area contributed by atoms with Crippen LogP contribution >= 0.6 is 0 Å². The first-order valence-corrected chi connectivity index (χ1v) is 10.3. The first-order chi connectivity index (χ1) is 14.8. The van der Waals surface area contributed by atoms with E-state index >= 15 is 0 Å². The van der Waals surface area contributed by atoms with Gasteiger partial charge in [0.15, 0.2) is 5.65 Å². The number of hydrogen-bond acceptors (Lipinski definition) is 4. The second-order valence-corrected chi connectivity index (χ2v) is 7.98. The number of hydrogen-bond donors (Lipinski definition) is 2. The van der Waals surface area contributed by atoms with Gasteiger partial charge in [0.05, 0.1) is 0 Å². The molecule has 4 aromatic rings. The van der Waals surface area contributed by atoms with Crippen molar-refractivity contribution in [3.63, 3.8) is 0 Å². The standard InChI is InChI=1S/C25H26N4O2/c1-5-29-22-20(28-24(29)25(4,31)18-11-9-16(2)10-12-18)13-14-21(27-22)23(30)26-19-8-6-7-17(3)15-19/h6-15,31H,5H2,1-4H3,(H,26,30). The van der Waals surface area contributed by atoms with Gasteiger partial charge >= 0.3 is 0 Å². The van der Waals surface area contributed by atoms with Crippen LogP contribution in [-0.4, -0.2) is 25.5 Å². The largest absolute Gasteiger partial charge is 0.377 e. The number of aliphatic hydroxyl groups is 1. The highest BCUT2D eigenvalue weighted by Crippen LogP contribution is 2.31. The minimum absolute atomic E-state index is 0.289. The van der Waals surface area contributed by atoms with Gasteiger partial charge in [-0.2, -0.15) is 0 Å². The van der Waals surface area contributed by atoms with Crippen LogP contribution in [0.15, 0.2) is 60.7 Å². The summed E-state index contributed by atoms with van der Waals surface area (Å²) >= 11 is 0. The summed E-state index contributed by atoms with van der Waals surface area (Å²) in [6.07, 6.45) is 0. The molecule has 0 aliphatic carbocycles. The fourth-order valence-electron chi connectivity index (χ4n) is 3.72. The highest BCUT2D eigenvalue weighted by molar-refractivity contribution is 6.03. The van der Waals surface area contributed by atoms with Crippen molar-refractivity contribution in [2.75, 3.05) is 5.32 Å². The molecule has 2 heterocycles. The topological polar surface area (TPSA) is 80.0 Å². The highest BCUT2D eigenvalue weighted by atomic mass is 16.3. The number of anilines is 1. The average molecular weight is 415 g/mol. The summed E-state index contributed by atoms with van der Waals surface area (Å²) in [6.45, 7) is 8.24. The predicted molar refractivity (Wildman–Crippen MR) is 122 cm³/mol. The summed E-state index contributed by atoms with van der Waals surface area (Å²) in [4.78, 5) is 22.0. The molecule has 0 saturated heterocycles. The van der Waals surface area contributed by atoms with E-state index in [1.54, 1.807) is 19.1 Å². The molecular weight excluding hydrogens is 388 g/mol. The lowest BCUT2D eigenvalue weighted by molar-refractivity contribution is 0.0887. The Morgan fingerprint density at radius 2 is 1.77 bits per heavy atom. The lowest BCUT2D eigenvalue weighted by atomic mass is 9.94. The van der Waals surface area contributed by atoms with Crippen LogP contribution in [0.4, 0.5) is 5.69 Å². The summed E-state index contributed by atoms with van der Waals surface area (Å²) in [5.41, 5.74) is 3.86. The van der Waals surface area contributed by atoms with Crippen molar-refractivity contribution in [3.05, 3.63) is 88.9 Å². The molecular formula is C25H26N4O2. The van der Waals surface area contributed by atoms with E-state index in [9.17, 15) is 9.90 Å². The molecule has 0 saturated carbocycles. The molecule has 1 unspecified atom stereocenters. The van der Waals surface area contributed by atoms with E-state index in [0.717, 1.165) is 22.4 Å². The van der Waals surface area contributed by atoms with Gasteiger partial charge in [0.1, 0.15) is 22.6 Å². The fraction of sp³-hybridized carbons (Fsp3) is 0.240. The Morgan fingerprint density at radius 1 is 1.03 bits per heavy atom. The zero-order chi connectivity index (χ0) is 22.2. The smallest absolute Gasteiger partial charge is 0.274 e. The molecule has 4 rings (SSSR count). The third-order valence-corrected chi connectivity index (χ3v) is 5.47. The zero-order valence-electron chi connectivity index (χ0n) is 18.2. The highest BCUT2D eigenvalue weighted by Gasteiger charge is 2.32. The Kier molecular flexibility index (Phi) is 5.33. The molecule has 0 spiro atoms. The van der Waals surface area contributed by atoms with Gasteiger partial charge in [0.2, 0.25) is 0 Å². The van der Waals surface area contributed by atoms with Crippen LogP contribution in [-0.2, 0) is 12.1 Å². The monoisotopic (exact) mass is 414 g/mol. The zero-order valence-corrected chi connectivity index (χ0v) is 18.2. The number of nitrogens with one attached hydrogen (secondary N) is 1. The van der Waals surface area contributed by atoms with Crippen molar-refractivity contribution in [2.24, 2.45) is 0 Å². The number of carbonyl (C=O) groups excluding carboxylic acids is 1. The molecule has 6 heteroatoms. The Morgan fingerprint density at radius 3 is 2.45 bits per heavy atom. The summed E-state index contributed by atoms with van der Waals surface area (Å²) < 4.78 is 1.86. The fourth-order valence-corrected chi connectivity index (χ4v) is 3.72. The number of aryl methyl sites for hydroxylation is 3. The third kappa shape index (κ3) is 3.94. The van der Waals surface area contributed by atoms with E-state index in [-0.39, 0.29) is 5.91 Å². The van der Waals surface area contributed by atoms with Crippen LogP contribution in [0.25, 0.3) is 11.2 Å². The lowest BCUT2D eigenvalue weighted by Crippen LogP contribution is -2.27. The van der Waals surface area contributed by atoms with Gasteiger partial charge in [-0.3, -0.25) is 4.79 Å². The molecule has 158 valence electrons. The van der Waals surface area contributed by atoms with Gasteiger partial charge in [-0.05, 0) is 63.1 Å². The molecule has 0 aliphatic rings. The number of carbonyl (C=O) groups is 1. The number of benzene rings is 2. The maximum atomic E-state index is 12.8. The SMILES string of the molecule is CCn1c(C(C)(O)c2ccc(C)cc2)nc2ccc(C(=O)Nc3cccc(C)c3)nc21. The molecule has 1 amide bonds. The maximum Gasteiger partial charge on any atom is 0.274 e. The van der Waals surface area contributed by atoms with Crippen LogP contribution in [0.2, 0.25) is 0 Å². The molecule has 0 bridgehead atoms. The first kappa shape index (κ1) is 20.8. The van der Waals surface area contributed by atoms with E-state index in [1.807, 2.05) is 73.9 Å². The number of nitrogens with zero attached hydrogens (tertiary/aromatic N) is 3. The second kappa shape index (κ2) is 7.96. The molecule has 1 atom stereocenters. The van der Waals surface area contributed by atoms with Gasteiger partial charge in [-0.1, -0.05) is 42.0 Å². The van der Waals surface area contributed by atoms with E-state index in [0.29, 0.717) is 29.2 Å². The number of imidazole rings is 1. The van der Waals surface area contributed by atoms with Crippen LogP contribution in [0.3, 0.4) is 0 Å². The van der Waals surface area contributed by atoms with Crippen LogP contribution in [0.1, 0.15) is 46.9 Å². The number of fused-ring (bicyclic) bond motifs is 1. The van der Waals surface area contributed by atoms with Gasteiger partial charge in [-0.25, -0.2) is 9.97 Å². The van der Waals surface area contributed by atoms with Crippen molar-refractivity contribution in [1.82, 2.24) is 14.5 Å². The van der Waals surface area contributed by atoms with Crippen molar-refractivity contribution in [2.45, 2.75) is 39.8 Å². The van der Waals surface area contributed by atoms with Crippen molar-refractivity contribution < 1.29 is 9.90 Å². The molecule has 0 radical (unpaired) electrons. The summed E-state index contributed by atoms with van der Waals surface area (Å²) in [5, 5.41) is 14.3. The molecule has 31 heavy (non-hydrogen) atoms. The second-order valence-electron chi connectivity index (χ2n) is 7.98. The lowest BCUT2D eigenvalue weighted by Gasteiger charge is -2.24. The number of aromatic nitrogens is 3. The summed E-state index contributed by atoms with van der Waals surface area (Å²) in [6, 6.07) is 18.8. The Balaban J connectivity index is 1.73. The Labute approximate surface area is 181 Å². The van der Waals surface area contributed by atoms with Gasteiger partial charge in [0, 0.05) is 12.2 Å². The van der Waals surface area contributed by atoms with Crippen LogP contribution in [0, 0.1) is 13.8 Å². The molecule has 0 aliphatic heterocycles. The van der Waals surface area contributed by atoms with Crippen LogP contribution in [0.5, 0.6) is 0 Å². The number of amides is 1. The molecule has 2 N–H and O–H groups in total. The molecule has 2 aromatic carbocycles. The quantitative estimate of drug-likeness (QED) is 0.501. The molecule has 0 fully saturated rings. The minimum atomic E-state index is -1.30. The third-order valence-electron chi connectivity index (χ3n) is 5.47. The van der Waals surface area contributed by atoms with Gasteiger partial charge < -0.3 is 15.0 Å². The van der Waals surface area contributed by atoms with Crippen LogP contribution < -0.4 is 5.32 Å². The molecule has 6 nitrogen and oxygen atoms in total. The van der Waals surface area contributed by atoms with E-state index < -0.39 is 5.60 Å². The van der Waals surface area contributed by atoms with E-state index in [2.05, 4.69) is 15.3 Å². The minimum Gasteiger partial charge on any atom is -0.377 e. The first-order valence-electron chi connectivity index (χ1n) is 10.3.